The molecule has 0 heterocycles. The topological polar surface area (TPSA) is 26.0 Å². The molecule has 1 aliphatic carbocycles. The molecule has 1 saturated carbocycles. The van der Waals surface area contributed by atoms with Gasteiger partial charge in [-0.25, -0.2) is 4.39 Å². The lowest BCUT2D eigenvalue weighted by molar-refractivity contribution is 0.182. The molecule has 2 N–H and O–H groups in total. The van der Waals surface area contributed by atoms with Crippen LogP contribution in [0.5, 0.6) is 0 Å². The Morgan fingerprint density at radius 2 is 2.21 bits per heavy atom. The van der Waals surface area contributed by atoms with E-state index in [1.807, 2.05) is 0 Å². The molecule has 2 unspecified atom stereocenters. The summed E-state index contributed by atoms with van der Waals surface area (Å²) in [5.74, 6) is 1.02. The van der Waals surface area contributed by atoms with E-state index >= 15 is 0 Å². The van der Waals surface area contributed by atoms with Crippen molar-refractivity contribution in [1.29, 1.82) is 0 Å². The van der Waals surface area contributed by atoms with Gasteiger partial charge < -0.3 is 5.73 Å². The van der Waals surface area contributed by atoms with Gasteiger partial charge in [-0.15, -0.1) is 0 Å². The molecule has 0 aromatic heterocycles. The second kappa shape index (κ2) is 5.80. The molecule has 1 aliphatic rings. The standard InChI is InChI=1S/C16H23ClFN/c1-11(2)13-4-3-7-16(19,10-13)9-12-5-6-15(18)14(17)8-12/h5-6,8,11,13H,3-4,7,9-10,19H2,1-2H3. The van der Waals surface area contributed by atoms with Crippen LogP contribution in [0.2, 0.25) is 5.02 Å². The van der Waals surface area contributed by atoms with Gasteiger partial charge in [-0.2, -0.15) is 0 Å². The maximum absolute atomic E-state index is 13.2. The Balaban J connectivity index is 2.09. The predicted molar refractivity (Wildman–Crippen MR) is 78.8 cm³/mol. The summed E-state index contributed by atoms with van der Waals surface area (Å²) >= 11 is 5.84. The summed E-state index contributed by atoms with van der Waals surface area (Å²) in [6, 6.07) is 4.95. The van der Waals surface area contributed by atoms with Gasteiger partial charge in [-0.3, -0.25) is 0 Å². The van der Waals surface area contributed by atoms with Crippen LogP contribution in [0.15, 0.2) is 18.2 Å². The normalized spacial score (nSPS) is 27.8. The molecule has 1 aromatic rings. The van der Waals surface area contributed by atoms with Crippen molar-refractivity contribution in [3.8, 4) is 0 Å². The van der Waals surface area contributed by atoms with Crippen molar-refractivity contribution in [3.63, 3.8) is 0 Å². The van der Waals surface area contributed by atoms with Crippen LogP contribution in [0, 0.1) is 17.7 Å². The van der Waals surface area contributed by atoms with Crippen LogP contribution in [-0.2, 0) is 6.42 Å². The van der Waals surface area contributed by atoms with Crippen LogP contribution in [-0.4, -0.2) is 5.54 Å². The highest BCUT2D eigenvalue weighted by molar-refractivity contribution is 6.30. The first kappa shape index (κ1) is 14.8. The third kappa shape index (κ3) is 3.70. The first-order valence-corrected chi connectivity index (χ1v) is 7.50. The molecule has 3 heteroatoms. The van der Waals surface area contributed by atoms with Crippen molar-refractivity contribution < 1.29 is 4.39 Å². The smallest absolute Gasteiger partial charge is 0.141 e. The Kier molecular flexibility index (Phi) is 4.52. The Labute approximate surface area is 120 Å². The fourth-order valence-corrected chi connectivity index (χ4v) is 3.43. The summed E-state index contributed by atoms with van der Waals surface area (Å²) in [5.41, 5.74) is 7.45. The van der Waals surface area contributed by atoms with Gasteiger partial charge in [0.1, 0.15) is 5.82 Å². The average Bonchev–Trinajstić information content (AvgIpc) is 2.33. The van der Waals surface area contributed by atoms with Gasteiger partial charge in [0, 0.05) is 5.54 Å². The Hall–Kier alpha value is -0.600. The zero-order chi connectivity index (χ0) is 14.0. The molecule has 1 nitrogen and oxygen atoms in total. The molecule has 0 saturated heterocycles. The highest BCUT2D eigenvalue weighted by atomic mass is 35.5. The summed E-state index contributed by atoms with van der Waals surface area (Å²) in [6.45, 7) is 4.54. The maximum Gasteiger partial charge on any atom is 0.141 e. The fraction of sp³-hybridized carbons (Fsp3) is 0.625. The number of rotatable bonds is 3. The van der Waals surface area contributed by atoms with Gasteiger partial charge in [0.25, 0.3) is 0 Å². The molecular weight excluding hydrogens is 261 g/mol. The molecule has 2 rings (SSSR count). The van der Waals surface area contributed by atoms with Gasteiger partial charge in [0.2, 0.25) is 0 Å². The van der Waals surface area contributed by atoms with E-state index in [0.29, 0.717) is 11.8 Å². The highest BCUT2D eigenvalue weighted by Gasteiger charge is 2.34. The molecule has 0 spiro atoms. The van der Waals surface area contributed by atoms with E-state index in [2.05, 4.69) is 13.8 Å². The Bertz CT molecular complexity index is 446. The molecule has 0 bridgehead atoms. The third-order valence-electron chi connectivity index (χ3n) is 4.40. The second-order valence-electron chi connectivity index (χ2n) is 6.39. The van der Waals surface area contributed by atoms with Gasteiger partial charge in [0.05, 0.1) is 5.02 Å². The lowest BCUT2D eigenvalue weighted by Gasteiger charge is -2.40. The molecule has 0 aliphatic heterocycles. The van der Waals surface area contributed by atoms with Gasteiger partial charge in [-0.1, -0.05) is 44.4 Å². The summed E-state index contributed by atoms with van der Waals surface area (Å²) in [5, 5.41) is 0.192. The Morgan fingerprint density at radius 1 is 1.47 bits per heavy atom. The summed E-state index contributed by atoms with van der Waals surface area (Å²) < 4.78 is 13.2. The lowest BCUT2D eigenvalue weighted by atomic mass is 9.70. The van der Waals surface area contributed by atoms with Crippen LogP contribution in [0.1, 0.15) is 45.1 Å². The quantitative estimate of drug-likeness (QED) is 0.864. The molecule has 2 atom stereocenters. The first-order valence-electron chi connectivity index (χ1n) is 7.12. The number of hydrogen-bond donors (Lipinski definition) is 1. The van der Waals surface area contributed by atoms with E-state index in [9.17, 15) is 4.39 Å². The van der Waals surface area contributed by atoms with E-state index in [1.54, 1.807) is 12.1 Å². The van der Waals surface area contributed by atoms with E-state index < -0.39 is 0 Å². The minimum atomic E-state index is -0.361. The van der Waals surface area contributed by atoms with Crippen LogP contribution in [0.25, 0.3) is 0 Å². The van der Waals surface area contributed by atoms with Crippen molar-refractivity contribution in [3.05, 3.63) is 34.6 Å². The largest absolute Gasteiger partial charge is 0.325 e. The van der Waals surface area contributed by atoms with Crippen molar-refractivity contribution in [2.75, 3.05) is 0 Å². The van der Waals surface area contributed by atoms with Crippen molar-refractivity contribution >= 4 is 11.6 Å². The Morgan fingerprint density at radius 3 is 2.84 bits per heavy atom. The van der Waals surface area contributed by atoms with Crippen LogP contribution < -0.4 is 5.73 Å². The average molecular weight is 284 g/mol. The molecule has 106 valence electrons. The maximum atomic E-state index is 13.2. The third-order valence-corrected chi connectivity index (χ3v) is 4.69. The van der Waals surface area contributed by atoms with Crippen LogP contribution in [0.4, 0.5) is 4.39 Å². The molecule has 0 radical (unpaired) electrons. The molecule has 0 amide bonds. The molecule has 19 heavy (non-hydrogen) atoms. The monoisotopic (exact) mass is 283 g/mol. The number of nitrogens with two attached hydrogens (primary N) is 1. The number of benzene rings is 1. The van der Waals surface area contributed by atoms with Gasteiger partial charge >= 0.3 is 0 Å². The second-order valence-corrected chi connectivity index (χ2v) is 6.80. The number of halogens is 2. The molecular formula is C16H23ClFN. The van der Waals surface area contributed by atoms with Crippen molar-refractivity contribution in [2.45, 2.75) is 51.5 Å². The van der Waals surface area contributed by atoms with Crippen LogP contribution >= 0.6 is 11.6 Å². The first-order chi connectivity index (χ1) is 8.89. The van der Waals surface area contributed by atoms with Crippen LogP contribution in [0.3, 0.4) is 0 Å². The van der Waals surface area contributed by atoms with E-state index in [0.717, 1.165) is 24.8 Å². The lowest BCUT2D eigenvalue weighted by Crippen LogP contribution is -2.47. The van der Waals surface area contributed by atoms with Crippen molar-refractivity contribution in [1.82, 2.24) is 0 Å². The van der Waals surface area contributed by atoms with Gasteiger partial charge in [0.15, 0.2) is 0 Å². The zero-order valence-corrected chi connectivity index (χ0v) is 12.5. The minimum Gasteiger partial charge on any atom is -0.325 e. The number of hydrogen-bond acceptors (Lipinski definition) is 1. The summed E-state index contributed by atoms with van der Waals surface area (Å²) in [6.07, 6.45) is 5.36. The minimum absolute atomic E-state index is 0.158. The summed E-state index contributed by atoms with van der Waals surface area (Å²) in [7, 11) is 0. The van der Waals surface area contributed by atoms with E-state index in [1.165, 1.54) is 18.9 Å². The fourth-order valence-electron chi connectivity index (χ4n) is 3.23. The SMILES string of the molecule is CC(C)C1CCCC(N)(Cc2ccc(F)c(Cl)c2)C1. The zero-order valence-electron chi connectivity index (χ0n) is 11.8. The molecule has 1 aromatic carbocycles. The highest BCUT2D eigenvalue weighted by Crippen LogP contribution is 2.37. The van der Waals surface area contributed by atoms with Crippen molar-refractivity contribution in [2.24, 2.45) is 17.6 Å². The summed E-state index contributed by atoms with van der Waals surface area (Å²) in [4.78, 5) is 0. The van der Waals surface area contributed by atoms with E-state index in [-0.39, 0.29) is 16.4 Å². The molecule has 1 fully saturated rings. The van der Waals surface area contributed by atoms with E-state index in [4.69, 9.17) is 17.3 Å². The predicted octanol–water partition coefficient (Wildman–Crippen LogP) is 4.57. The van der Waals surface area contributed by atoms with Gasteiger partial charge in [-0.05, 0) is 48.8 Å².